The van der Waals surface area contributed by atoms with Gasteiger partial charge in [0.1, 0.15) is 11.2 Å². The van der Waals surface area contributed by atoms with Gasteiger partial charge >= 0.3 is 0 Å². The minimum absolute atomic E-state index is 0.643. The Hall–Kier alpha value is -7.13. The molecular weight excluding hydrogens is 691 g/mol. The molecule has 0 saturated heterocycles. The van der Waals surface area contributed by atoms with Crippen LogP contribution < -0.4 is 0 Å². The van der Waals surface area contributed by atoms with E-state index in [1.54, 1.807) is 0 Å². The highest BCUT2D eigenvalue weighted by Gasteiger charge is 2.17. The van der Waals surface area contributed by atoms with E-state index in [2.05, 4.69) is 168 Å². The van der Waals surface area contributed by atoms with Gasteiger partial charge in [-0.15, -0.1) is 11.3 Å². The largest absolute Gasteiger partial charge is 0.456 e. The molecule has 0 saturated carbocycles. The number of rotatable bonds is 3. The number of thiophene rings is 1. The van der Waals surface area contributed by atoms with Gasteiger partial charge in [0.15, 0.2) is 0 Å². The highest BCUT2D eigenvalue weighted by atomic mass is 32.1. The second kappa shape index (κ2) is 11.2. The number of benzene rings is 8. The van der Waals surface area contributed by atoms with Crippen molar-refractivity contribution in [2.45, 2.75) is 6.92 Å². The van der Waals surface area contributed by atoms with E-state index in [4.69, 9.17) is 4.42 Å². The van der Waals surface area contributed by atoms with Gasteiger partial charge in [-0.2, -0.15) is 5.26 Å². The highest BCUT2D eigenvalue weighted by Crippen LogP contribution is 2.41. The lowest BCUT2D eigenvalue weighted by Gasteiger charge is -2.09. The van der Waals surface area contributed by atoms with Gasteiger partial charge in [-0.1, -0.05) is 66.7 Å². The molecule has 0 aliphatic heterocycles. The van der Waals surface area contributed by atoms with Gasteiger partial charge in [-0.25, -0.2) is 0 Å². The highest BCUT2D eigenvalue weighted by molar-refractivity contribution is 7.25. The molecule has 5 heteroatoms. The standard InChI is InChI=1S/C50H29N3OS/c1-29-10-16-37-35-6-2-4-8-43(35)52(45(37)22-29)34-15-21-50-42(27-34)41-25-32(13-20-49(41)55-50)31-12-18-47-39(24-31)40-26-33(14-19-48(40)54-47)53-44-9-5-3-7-36(44)38-17-11-30(28-51)23-46(38)53/h2-27H,1H3. The topological polar surface area (TPSA) is 46.8 Å². The SMILES string of the molecule is Cc1ccc2c3ccccc3n(-c3ccc4sc5ccc(-c6ccc7oc8ccc(-n9c%10ccccc%10c%10ccc(C#N)cc%109)cc8c7c6)cc5c4c3)c2c1. The Morgan fingerprint density at radius 1 is 0.455 bits per heavy atom. The Morgan fingerprint density at radius 3 is 1.71 bits per heavy atom. The van der Waals surface area contributed by atoms with Crippen LogP contribution in [0.2, 0.25) is 0 Å². The van der Waals surface area contributed by atoms with Crippen molar-refractivity contribution < 1.29 is 4.42 Å². The van der Waals surface area contributed by atoms with Crippen LogP contribution in [-0.2, 0) is 0 Å². The van der Waals surface area contributed by atoms with Crippen molar-refractivity contribution in [3.8, 4) is 28.6 Å². The summed E-state index contributed by atoms with van der Waals surface area (Å²) in [6, 6.07) is 58.9. The Balaban J connectivity index is 1.01. The summed E-state index contributed by atoms with van der Waals surface area (Å²) in [5.41, 5.74) is 12.7. The predicted molar refractivity (Wildman–Crippen MR) is 230 cm³/mol. The molecule has 4 heterocycles. The monoisotopic (exact) mass is 719 g/mol. The molecule has 256 valence electrons. The molecule has 4 nitrogen and oxygen atoms in total. The first-order valence-electron chi connectivity index (χ1n) is 18.5. The zero-order valence-corrected chi connectivity index (χ0v) is 30.5. The van der Waals surface area contributed by atoms with E-state index in [-0.39, 0.29) is 0 Å². The van der Waals surface area contributed by atoms with E-state index >= 15 is 0 Å². The molecule has 12 rings (SSSR count). The molecule has 0 unspecified atom stereocenters. The lowest BCUT2D eigenvalue weighted by atomic mass is 10.0. The smallest absolute Gasteiger partial charge is 0.135 e. The van der Waals surface area contributed by atoms with Crippen LogP contribution in [0.4, 0.5) is 0 Å². The summed E-state index contributed by atoms with van der Waals surface area (Å²) in [5, 5.41) is 19.2. The number of hydrogen-bond donors (Lipinski definition) is 0. The number of para-hydroxylation sites is 2. The second-order valence-corrected chi connectivity index (χ2v) is 15.6. The number of nitriles is 1. The summed E-state index contributed by atoms with van der Waals surface area (Å²) >= 11 is 1.85. The minimum atomic E-state index is 0.643. The maximum atomic E-state index is 9.74. The molecule has 0 aliphatic carbocycles. The predicted octanol–water partition coefficient (Wildman–Crippen LogP) is 14.0. The van der Waals surface area contributed by atoms with E-state index in [0.717, 1.165) is 55.0 Å². The van der Waals surface area contributed by atoms with E-state index in [9.17, 15) is 5.26 Å². The third-order valence-electron chi connectivity index (χ3n) is 11.4. The zero-order chi connectivity index (χ0) is 36.4. The average Bonchev–Trinajstić information content (AvgIpc) is 3.97. The molecular formula is C50H29N3OS. The van der Waals surface area contributed by atoms with Crippen molar-refractivity contribution in [3.05, 3.63) is 169 Å². The summed E-state index contributed by atoms with van der Waals surface area (Å²) < 4.78 is 13.6. The van der Waals surface area contributed by atoms with Gasteiger partial charge in [0.2, 0.25) is 0 Å². The quantitative estimate of drug-likeness (QED) is 0.182. The molecule has 0 amide bonds. The van der Waals surface area contributed by atoms with Gasteiger partial charge in [0, 0.05) is 63.9 Å². The minimum Gasteiger partial charge on any atom is -0.456 e. The number of fused-ring (bicyclic) bond motifs is 12. The number of nitrogens with zero attached hydrogens (tertiary/aromatic N) is 3. The van der Waals surface area contributed by atoms with Crippen molar-refractivity contribution in [1.29, 1.82) is 5.26 Å². The molecule has 4 aromatic heterocycles. The van der Waals surface area contributed by atoms with Crippen molar-refractivity contribution in [2.24, 2.45) is 0 Å². The Morgan fingerprint density at radius 2 is 0.982 bits per heavy atom. The van der Waals surface area contributed by atoms with Crippen molar-refractivity contribution >= 4 is 97.1 Å². The van der Waals surface area contributed by atoms with Gasteiger partial charge in [0.05, 0.1) is 33.7 Å². The zero-order valence-electron chi connectivity index (χ0n) is 29.7. The molecule has 0 atom stereocenters. The lowest BCUT2D eigenvalue weighted by molar-refractivity contribution is 0.669. The third-order valence-corrected chi connectivity index (χ3v) is 12.5. The van der Waals surface area contributed by atoms with Gasteiger partial charge in [0.25, 0.3) is 0 Å². The summed E-state index contributed by atoms with van der Waals surface area (Å²) in [7, 11) is 0. The molecule has 0 radical (unpaired) electrons. The molecule has 55 heavy (non-hydrogen) atoms. The van der Waals surface area contributed by atoms with Crippen LogP contribution in [0.15, 0.2) is 162 Å². The molecule has 12 aromatic rings. The lowest BCUT2D eigenvalue weighted by Crippen LogP contribution is -1.93. The molecule has 0 fully saturated rings. The number of aromatic nitrogens is 2. The summed E-state index contributed by atoms with van der Waals surface area (Å²) in [6.45, 7) is 2.17. The second-order valence-electron chi connectivity index (χ2n) is 14.6. The van der Waals surface area contributed by atoms with Crippen molar-refractivity contribution in [2.75, 3.05) is 0 Å². The third kappa shape index (κ3) is 4.37. The summed E-state index contributed by atoms with van der Waals surface area (Å²) in [6.07, 6.45) is 0. The summed E-state index contributed by atoms with van der Waals surface area (Å²) in [5.74, 6) is 0. The van der Waals surface area contributed by atoms with E-state index < -0.39 is 0 Å². The fourth-order valence-electron chi connectivity index (χ4n) is 8.85. The fraction of sp³-hybridized carbons (Fsp3) is 0.0200. The van der Waals surface area contributed by atoms with Crippen LogP contribution >= 0.6 is 11.3 Å². The first kappa shape index (κ1) is 30.3. The Labute approximate surface area is 318 Å². The normalized spacial score (nSPS) is 12.1. The van der Waals surface area contributed by atoms with Crippen LogP contribution in [0.1, 0.15) is 11.1 Å². The summed E-state index contributed by atoms with van der Waals surface area (Å²) in [4.78, 5) is 0. The maximum Gasteiger partial charge on any atom is 0.135 e. The first-order valence-corrected chi connectivity index (χ1v) is 19.3. The molecule has 0 aliphatic rings. The van der Waals surface area contributed by atoms with Crippen LogP contribution in [0, 0.1) is 18.3 Å². The van der Waals surface area contributed by atoms with Gasteiger partial charge in [-0.3, -0.25) is 0 Å². The van der Waals surface area contributed by atoms with E-state index in [1.165, 1.54) is 58.8 Å². The van der Waals surface area contributed by atoms with Crippen LogP contribution in [0.5, 0.6) is 0 Å². The van der Waals surface area contributed by atoms with Crippen LogP contribution in [-0.4, -0.2) is 9.13 Å². The van der Waals surface area contributed by atoms with Gasteiger partial charge in [-0.05, 0) is 115 Å². The molecule has 0 spiro atoms. The van der Waals surface area contributed by atoms with Crippen LogP contribution in [0.3, 0.4) is 0 Å². The fourth-order valence-corrected chi connectivity index (χ4v) is 9.91. The number of hydrogen-bond acceptors (Lipinski definition) is 3. The number of furan rings is 1. The average molecular weight is 720 g/mol. The van der Waals surface area contributed by atoms with E-state index in [1.807, 2.05) is 23.5 Å². The first-order chi connectivity index (χ1) is 27.1. The van der Waals surface area contributed by atoms with Gasteiger partial charge < -0.3 is 13.6 Å². The van der Waals surface area contributed by atoms with Crippen LogP contribution in [0.25, 0.3) is 108 Å². The molecule has 8 aromatic carbocycles. The maximum absolute atomic E-state index is 9.74. The Kier molecular flexibility index (Phi) is 6.17. The van der Waals surface area contributed by atoms with E-state index in [0.29, 0.717) is 5.56 Å². The van der Waals surface area contributed by atoms with Crippen molar-refractivity contribution in [3.63, 3.8) is 0 Å². The Bertz CT molecular complexity index is 3640. The molecule has 0 bridgehead atoms. The number of aryl methyl sites for hydroxylation is 1. The van der Waals surface area contributed by atoms with Crippen molar-refractivity contribution in [1.82, 2.24) is 9.13 Å². The molecule has 0 N–H and O–H groups in total.